The molecular weight excluding hydrogens is 260 g/mol. The van der Waals surface area contributed by atoms with E-state index in [9.17, 15) is 0 Å². The quantitative estimate of drug-likeness (QED) is 0.814. The molecule has 1 aliphatic carbocycles. The van der Waals surface area contributed by atoms with Crippen LogP contribution in [0.1, 0.15) is 59.8 Å². The second kappa shape index (κ2) is 8.50. The Hall–Kier alpha value is -0.120. The van der Waals surface area contributed by atoms with E-state index in [0.717, 1.165) is 37.5 Å². The molecule has 0 bridgehead atoms. The van der Waals surface area contributed by atoms with Gasteiger partial charge in [0.1, 0.15) is 0 Å². The first-order chi connectivity index (χ1) is 10.1. The second-order valence-electron chi connectivity index (χ2n) is 7.37. The number of rotatable bonds is 6. The molecule has 5 atom stereocenters. The Bertz CT molecular complexity index is 287. The molecule has 2 rings (SSSR count). The van der Waals surface area contributed by atoms with Gasteiger partial charge in [-0.3, -0.25) is 4.90 Å². The fraction of sp³-hybridized carbons (Fsp3) is 1.00. The van der Waals surface area contributed by atoms with Gasteiger partial charge in [-0.2, -0.15) is 0 Å². The van der Waals surface area contributed by atoms with E-state index in [1.807, 2.05) is 0 Å². The van der Waals surface area contributed by atoms with Crippen LogP contribution in [0.4, 0.5) is 0 Å². The third kappa shape index (κ3) is 5.22. The molecule has 1 saturated heterocycles. The Kier molecular flexibility index (Phi) is 6.97. The van der Waals surface area contributed by atoms with Crippen molar-refractivity contribution in [2.24, 2.45) is 11.8 Å². The summed E-state index contributed by atoms with van der Waals surface area (Å²) in [7, 11) is 0. The zero-order valence-electron chi connectivity index (χ0n) is 14.6. The molecule has 5 unspecified atom stereocenters. The summed E-state index contributed by atoms with van der Waals surface area (Å²) in [5.41, 5.74) is 0. The van der Waals surface area contributed by atoms with Crippen LogP contribution in [-0.4, -0.2) is 49.3 Å². The van der Waals surface area contributed by atoms with Crippen LogP contribution >= 0.6 is 0 Å². The van der Waals surface area contributed by atoms with Gasteiger partial charge in [0.15, 0.2) is 0 Å². The Morgan fingerprint density at radius 1 is 1.10 bits per heavy atom. The van der Waals surface area contributed by atoms with Gasteiger partial charge in [-0.25, -0.2) is 0 Å². The van der Waals surface area contributed by atoms with Crippen LogP contribution in [-0.2, 0) is 4.74 Å². The molecule has 2 aliphatic rings. The molecule has 3 nitrogen and oxygen atoms in total. The molecule has 2 fully saturated rings. The standard InChI is InChI=1S/C18H36N2O/c1-5-7-16-8-9-18(19-6-2)17(10-16)13-20-11-14(3)21-15(4)12-20/h14-19H,5-13H2,1-4H3. The van der Waals surface area contributed by atoms with Crippen molar-refractivity contribution in [2.75, 3.05) is 26.2 Å². The Morgan fingerprint density at radius 2 is 1.81 bits per heavy atom. The van der Waals surface area contributed by atoms with Crippen LogP contribution in [0, 0.1) is 11.8 Å². The predicted molar refractivity (Wildman–Crippen MR) is 89.7 cm³/mol. The highest BCUT2D eigenvalue weighted by Crippen LogP contribution is 2.33. The molecule has 3 heteroatoms. The largest absolute Gasteiger partial charge is 0.373 e. The van der Waals surface area contributed by atoms with E-state index < -0.39 is 0 Å². The summed E-state index contributed by atoms with van der Waals surface area (Å²) in [4.78, 5) is 2.65. The minimum absolute atomic E-state index is 0.390. The lowest BCUT2D eigenvalue weighted by molar-refractivity contribution is -0.0744. The summed E-state index contributed by atoms with van der Waals surface area (Å²) in [6.45, 7) is 13.6. The average Bonchev–Trinajstić information content (AvgIpc) is 2.41. The van der Waals surface area contributed by atoms with Crippen molar-refractivity contribution in [1.29, 1.82) is 0 Å². The van der Waals surface area contributed by atoms with E-state index in [4.69, 9.17) is 4.74 Å². The van der Waals surface area contributed by atoms with Crippen molar-refractivity contribution in [3.05, 3.63) is 0 Å². The van der Waals surface area contributed by atoms with Gasteiger partial charge in [0.2, 0.25) is 0 Å². The van der Waals surface area contributed by atoms with Crippen LogP contribution in [0.2, 0.25) is 0 Å². The van der Waals surface area contributed by atoms with Crippen molar-refractivity contribution >= 4 is 0 Å². The van der Waals surface area contributed by atoms with E-state index in [0.29, 0.717) is 12.2 Å². The van der Waals surface area contributed by atoms with Gasteiger partial charge in [-0.1, -0.05) is 26.7 Å². The van der Waals surface area contributed by atoms with Crippen LogP contribution in [0.3, 0.4) is 0 Å². The maximum absolute atomic E-state index is 5.88. The first-order valence-electron chi connectivity index (χ1n) is 9.23. The monoisotopic (exact) mass is 296 g/mol. The minimum Gasteiger partial charge on any atom is -0.373 e. The third-order valence-electron chi connectivity index (χ3n) is 5.24. The van der Waals surface area contributed by atoms with Gasteiger partial charge in [0, 0.05) is 25.7 Å². The topological polar surface area (TPSA) is 24.5 Å². The highest BCUT2D eigenvalue weighted by atomic mass is 16.5. The first kappa shape index (κ1) is 17.2. The summed E-state index contributed by atoms with van der Waals surface area (Å²) in [5, 5.41) is 3.75. The zero-order valence-corrected chi connectivity index (χ0v) is 14.6. The lowest BCUT2D eigenvalue weighted by Crippen LogP contribution is -2.51. The molecule has 0 spiro atoms. The summed E-state index contributed by atoms with van der Waals surface area (Å²) in [6.07, 6.45) is 7.77. The molecular formula is C18H36N2O. The molecule has 124 valence electrons. The zero-order chi connectivity index (χ0) is 15.2. The number of morpholine rings is 1. The van der Waals surface area contributed by atoms with Gasteiger partial charge in [-0.15, -0.1) is 0 Å². The molecule has 1 saturated carbocycles. The molecule has 0 aromatic rings. The van der Waals surface area contributed by atoms with Gasteiger partial charge >= 0.3 is 0 Å². The molecule has 1 heterocycles. The SMILES string of the molecule is CCCC1CCC(NCC)C(CN2CC(C)OC(C)C2)C1. The summed E-state index contributed by atoms with van der Waals surface area (Å²) in [6, 6.07) is 0.733. The number of hydrogen-bond donors (Lipinski definition) is 1. The van der Waals surface area contributed by atoms with Crippen LogP contribution in [0.15, 0.2) is 0 Å². The molecule has 0 radical (unpaired) electrons. The van der Waals surface area contributed by atoms with Gasteiger partial charge in [0.05, 0.1) is 12.2 Å². The van der Waals surface area contributed by atoms with Crippen molar-refractivity contribution in [3.63, 3.8) is 0 Å². The molecule has 1 aliphatic heterocycles. The van der Waals surface area contributed by atoms with Crippen LogP contribution in [0.25, 0.3) is 0 Å². The van der Waals surface area contributed by atoms with Crippen LogP contribution in [0.5, 0.6) is 0 Å². The fourth-order valence-electron chi connectivity index (χ4n) is 4.53. The number of nitrogens with one attached hydrogen (secondary N) is 1. The molecule has 0 amide bonds. The van der Waals surface area contributed by atoms with Crippen molar-refractivity contribution in [2.45, 2.75) is 78.0 Å². The maximum Gasteiger partial charge on any atom is 0.0678 e. The second-order valence-corrected chi connectivity index (χ2v) is 7.37. The van der Waals surface area contributed by atoms with Crippen molar-refractivity contribution < 1.29 is 4.74 Å². The predicted octanol–water partition coefficient (Wildman–Crippen LogP) is 3.29. The van der Waals surface area contributed by atoms with E-state index in [2.05, 4.69) is 37.9 Å². The lowest BCUT2D eigenvalue weighted by atomic mass is 9.76. The normalized spacial score (nSPS) is 38.6. The maximum atomic E-state index is 5.88. The molecule has 0 aromatic heterocycles. The highest BCUT2D eigenvalue weighted by Gasteiger charge is 2.32. The Labute approximate surface area is 131 Å². The minimum atomic E-state index is 0.390. The number of nitrogens with zero attached hydrogens (tertiary/aromatic N) is 1. The molecule has 1 N–H and O–H groups in total. The number of ether oxygens (including phenoxy) is 1. The van der Waals surface area contributed by atoms with E-state index >= 15 is 0 Å². The smallest absolute Gasteiger partial charge is 0.0678 e. The lowest BCUT2D eigenvalue weighted by Gasteiger charge is -2.42. The van der Waals surface area contributed by atoms with E-state index in [-0.39, 0.29) is 0 Å². The van der Waals surface area contributed by atoms with Crippen molar-refractivity contribution in [1.82, 2.24) is 10.2 Å². The van der Waals surface area contributed by atoms with Crippen LogP contribution < -0.4 is 5.32 Å². The van der Waals surface area contributed by atoms with E-state index in [1.54, 1.807) is 0 Å². The summed E-state index contributed by atoms with van der Waals surface area (Å²) >= 11 is 0. The van der Waals surface area contributed by atoms with Gasteiger partial charge in [0.25, 0.3) is 0 Å². The Balaban J connectivity index is 1.91. The Morgan fingerprint density at radius 3 is 2.43 bits per heavy atom. The van der Waals surface area contributed by atoms with Gasteiger partial charge in [-0.05, 0) is 51.5 Å². The average molecular weight is 296 g/mol. The van der Waals surface area contributed by atoms with E-state index in [1.165, 1.54) is 38.6 Å². The fourth-order valence-corrected chi connectivity index (χ4v) is 4.53. The summed E-state index contributed by atoms with van der Waals surface area (Å²) < 4.78 is 5.88. The summed E-state index contributed by atoms with van der Waals surface area (Å²) in [5.74, 6) is 1.79. The third-order valence-corrected chi connectivity index (χ3v) is 5.24. The van der Waals surface area contributed by atoms with Crippen molar-refractivity contribution in [3.8, 4) is 0 Å². The number of hydrogen-bond acceptors (Lipinski definition) is 3. The molecule has 21 heavy (non-hydrogen) atoms. The molecule has 0 aromatic carbocycles. The van der Waals surface area contributed by atoms with Gasteiger partial charge < -0.3 is 10.1 Å². The first-order valence-corrected chi connectivity index (χ1v) is 9.23. The highest BCUT2D eigenvalue weighted by molar-refractivity contribution is 4.87.